The van der Waals surface area contributed by atoms with Gasteiger partial charge in [0.1, 0.15) is 5.75 Å². The Hall–Kier alpha value is -4.54. The number of carbonyl (C=O) groups is 1. The zero-order chi connectivity index (χ0) is 26.3. The molecule has 0 atom stereocenters. The van der Waals surface area contributed by atoms with Crippen LogP contribution in [0.25, 0.3) is 0 Å². The van der Waals surface area contributed by atoms with E-state index in [1.54, 1.807) is 43.4 Å². The van der Waals surface area contributed by atoms with Crippen LogP contribution in [0.4, 0.5) is 35.0 Å². The van der Waals surface area contributed by atoms with E-state index in [1.165, 1.54) is 26.4 Å². The maximum atomic E-state index is 12.7. The molecule has 0 radical (unpaired) electrons. The van der Waals surface area contributed by atoms with Gasteiger partial charge in [-0.05, 0) is 49.2 Å². The van der Waals surface area contributed by atoms with E-state index in [4.69, 9.17) is 14.2 Å². The van der Waals surface area contributed by atoms with E-state index >= 15 is 0 Å². The van der Waals surface area contributed by atoms with Crippen molar-refractivity contribution in [3.8, 4) is 17.2 Å². The topological polar surface area (TPSA) is 93.5 Å². The van der Waals surface area contributed by atoms with Gasteiger partial charge in [-0.2, -0.15) is 13.2 Å². The number of nitrogens with zero attached hydrogens (tertiary/aromatic N) is 2. The highest BCUT2D eigenvalue weighted by molar-refractivity contribution is 6.02. The van der Waals surface area contributed by atoms with Crippen LogP contribution in [0, 0.1) is 0 Å². The van der Waals surface area contributed by atoms with Gasteiger partial charge in [0.25, 0.3) is 0 Å². The number of aliphatic imine (C=N–C) groups is 2. The summed E-state index contributed by atoms with van der Waals surface area (Å²) in [6.07, 6.45) is -4.46. The Morgan fingerprint density at radius 3 is 2.14 bits per heavy atom. The number of benzene rings is 3. The van der Waals surface area contributed by atoms with Gasteiger partial charge in [0.2, 0.25) is 5.90 Å². The van der Waals surface area contributed by atoms with Crippen LogP contribution in [0.3, 0.4) is 0 Å². The van der Waals surface area contributed by atoms with Crippen molar-refractivity contribution in [2.75, 3.05) is 31.9 Å². The van der Waals surface area contributed by atoms with Crippen molar-refractivity contribution in [1.29, 1.82) is 0 Å². The van der Waals surface area contributed by atoms with Crippen LogP contribution in [0.15, 0.2) is 70.6 Å². The van der Waals surface area contributed by atoms with Crippen molar-refractivity contribution in [2.45, 2.75) is 6.18 Å². The summed E-state index contributed by atoms with van der Waals surface area (Å²) in [5.74, 6) is 1.47. The van der Waals surface area contributed by atoms with Crippen molar-refractivity contribution >= 4 is 35.7 Å². The number of halogens is 3. The monoisotopic (exact) mass is 500 g/mol. The van der Waals surface area contributed by atoms with Crippen molar-refractivity contribution in [2.24, 2.45) is 9.98 Å². The van der Waals surface area contributed by atoms with Gasteiger partial charge in [0.05, 0.1) is 31.0 Å². The van der Waals surface area contributed by atoms with E-state index in [1.807, 2.05) is 0 Å². The van der Waals surface area contributed by atoms with Crippen molar-refractivity contribution in [1.82, 2.24) is 0 Å². The number of methoxy groups -OCH3 is 2. The molecule has 0 spiro atoms. The van der Waals surface area contributed by atoms with Gasteiger partial charge in [-0.1, -0.05) is 6.07 Å². The molecule has 0 aliphatic heterocycles. The number of anilines is 2. The number of amides is 2. The molecule has 2 N–H and O–H groups in total. The molecule has 3 aromatic rings. The third-order valence-electron chi connectivity index (χ3n) is 4.88. The SMILES string of the molecule is C=Nc1cc(OC)c(OC)cc1C(=NC)Oc1cccc(NC(=O)Nc2ccc(C(F)(F)F)cc2)c1. The summed E-state index contributed by atoms with van der Waals surface area (Å²) in [7, 11) is 4.54. The Kier molecular flexibility index (Phi) is 8.15. The second-order valence-electron chi connectivity index (χ2n) is 7.20. The Balaban J connectivity index is 1.74. The summed E-state index contributed by atoms with van der Waals surface area (Å²) < 4.78 is 54.7. The summed E-state index contributed by atoms with van der Waals surface area (Å²) in [6, 6.07) is 13.2. The Morgan fingerprint density at radius 1 is 0.917 bits per heavy atom. The number of alkyl halides is 3. The maximum absolute atomic E-state index is 12.7. The first-order chi connectivity index (χ1) is 17.2. The van der Waals surface area contributed by atoms with Gasteiger partial charge >= 0.3 is 12.2 Å². The molecule has 188 valence electrons. The Bertz CT molecular complexity index is 1280. The average Bonchev–Trinajstić information content (AvgIpc) is 2.86. The zero-order valence-electron chi connectivity index (χ0n) is 19.6. The molecule has 0 heterocycles. The fourth-order valence-electron chi connectivity index (χ4n) is 3.18. The highest BCUT2D eigenvalue weighted by Crippen LogP contribution is 2.35. The lowest BCUT2D eigenvalue weighted by Gasteiger charge is -2.15. The molecule has 0 saturated carbocycles. The first kappa shape index (κ1) is 26.1. The number of nitrogens with one attached hydrogen (secondary N) is 2. The normalized spacial score (nSPS) is 11.4. The maximum Gasteiger partial charge on any atom is 0.416 e. The molecule has 3 aromatic carbocycles. The molecule has 0 aromatic heterocycles. The van der Waals surface area contributed by atoms with Crippen LogP contribution >= 0.6 is 0 Å². The lowest BCUT2D eigenvalue weighted by atomic mass is 10.1. The van der Waals surface area contributed by atoms with Gasteiger partial charge in [0, 0.05) is 30.6 Å². The molecular weight excluding hydrogens is 477 g/mol. The van der Waals surface area contributed by atoms with Crippen molar-refractivity contribution in [3.63, 3.8) is 0 Å². The predicted molar refractivity (Wildman–Crippen MR) is 132 cm³/mol. The lowest BCUT2D eigenvalue weighted by molar-refractivity contribution is -0.137. The number of urea groups is 1. The van der Waals surface area contributed by atoms with Gasteiger partial charge < -0.3 is 24.8 Å². The third kappa shape index (κ3) is 6.32. The Labute approximate surface area is 205 Å². The molecule has 2 amide bonds. The minimum absolute atomic E-state index is 0.200. The van der Waals surface area contributed by atoms with Crippen LogP contribution in [0.2, 0.25) is 0 Å². The molecule has 0 bridgehead atoms. The standard InChI is InChI=1S/C25H23F3N4O4/c1-29-20-14-22(35-4)21(34-3)13-19(20)23(30-2)36-18-7-5-6-17(12-18)32-24(33)31-16-10-8-15(9-11-16)25(26,27)28/h5-14H,1H2,2-4H3,(H2,31,32,33). The molecule has 0 fully saturated rings. The van der Waals surface area contributed by atoms with Crippen LogP contribution < -0.4 is 24.8 Å². The number of carbonyl (C=O) groups excluding carboxylic acids is 1. The van der Waals surface area contributed by atoms with Gasteiger partial charge in [-0.3, -0.25) is 9.98 Å². The molecule has 11 heteroatoms. The van der Waals surface area contributed by atoms with E-state index in [0.29, 0.717) is 34.2 Å². The highest BCUT2D eigenvalue weighted by Gasteiger charge is 2.30. The summed E-state index contributed by atoms with van der Waals surface area (Å²) >= 11 is 0. The first-order valence-corrected chi connectivity index (χ1v) is 10.4. The smallest absolute Gasteiger partial charge is 0.416 e. The van der Waals surface area contributed by atoms with Crippen LogP contribution in [-0.4, -0.2) is 39.9 Å². The Morgan fingerprint density at radius 2 is 1.56 bits per heavy atom. The summed E-state index contributed by atoms with van der Waals surface area (Å²) in [5, 5.41) is 5.08. The first-order valence-electron chi connectivity index (χ1n) is 10.4. The second kappa shape index (κ2) is 11.3. The minimum atomic E-state index is -4.46. The lowest BCUT2D eigenvalue weighted by Crippen LogP contribution is -2.19. The number of hydrogen-bond donors (Lipinski definition) is 2. The molecule has 0 saturated heterocycles. The van der Waals surface area contributed by atoms with Gasteiger partial charge in [-0.25, -0.2) is 4.79 Å². The molecule has 0 unspecified atom stereocenters. The highest BCUT2D eigenvalue weighted by atomic mass is 19.4. The van der Waals surface area contributed by atoms with Crippen LogP contribution in [0.5, 0.6) is 17.2 Å². The fourth-order valence-corrected chi connectivity index (χ4v) is 3.18. The molecule has 8 nitrogen and oxygen atoms in total. The molecule has 3 rings (SSSR count). The molecule has 0 aliphatic rings. The van der Waals surface area contributed by atoms with Gasteiger partial charge in [-0.15, -0.1) is 0 Å². The second-order valence-corrected chi connectivity index (χ2v) is 7.20. The quantitative estimate of drug-likeness (QED) is 0.300. The summed E-state index contributed by atoms with van der Waals surface area (Å²) in [4.78, 5) is 20.5. The van der Waals surface area contributed by atoms with E-state index in [0.717, 1.165) is 12.1 Å². The fraction of sp³-hybridized carbons (Fsp3) is 0.160. The van der Waals surface area contributed by atoms with E-state index in [2.05, 4.69) is 27.3 Å². The predicted octanol–water partition coefficient (Wildman–Crippen LogP) is 6.15. The molecular formula is C25H23F3N4O4. The largest absolute Gasteiger partial charge is 0.493 e. The van der Waals surface area contributed by atoms with Gasteiger partial charge in [0.15, 0.2) is 11.5 Å². The summed E-state index contributed by atoms with van der Waals surface area (Å²) in [5.41, 5.74) is 0.728. The number of ether oxygens (including phenoxy) is 3. The molecule has 0 aliphatic carbocycles. The van der Waals surface area contributed by atoms with Crippen molar-refractivity contribution in [3.05, 3.63) is 71.8 Å². The van der Waals surface area contributed by atoms with Crippen LogP contribution in [0.1, 0.15) is 11.1 Å². The molecule has 36 heavy (non-hydrogen) atoms. The minimum Gasteiger partial charge on any atom is -0.493 e. The van der Waals surface area contributed by atoms with E-state index < -0.39 is 17.8 Å². The van der Waals surface area contributed by atoms with E-state index in [9.17, 15) is 18.0 Å². The number of rotatable bonds is 7. The van der Waals surface area contributed by atoms with Crippen LogP contribution in [-0.2, 0) is 6.18 Å². The third-order valence-corrected chi connectivity index (χ3v) is 4.88. The summed E-state index contributed by atoms with van der Waals surface area (Å²) in [6.45, 7) is 3.58. The van der Waals surface area contributed by atoms with Crippen molar-refractivity contribution < 1.29 is 32.2 Å². The zero-order valence-corrected chi connectivity index (χ0v) is 19.6. The van der Waals surface area contributed by atoms with E-state index in [-0.39, 0.29) is 11.6 Å². The average molecular weight is 500 g/mol. The number of hydrogen-bond acceptors (Lipinski definition) is 6.